The van der Waals surface area contributed by atoms with Crippen LogP contribution in [0.3, 0.4) is 0 Å². The molecule has 0 aliphatic carbocycles. The number of aromatic nitrogens is 1. The van der Waals surface area contributed by atoms with Crippen molar-refractivity contribution < 1.29 is 9.59 Å². The van der Waals surface area contributed by atoms with Crippen molar-refractivity contribution in [3.05, 3.63) is 24.0 Å². The lowest BCUT2D eigenvalue weighted by Gasteiger charge is -2.33. The fourth-order valence-electron chi connectivity index (χ4n) is 2.51. The molecule has 1 aromatic heterocycles. The van der Waals surface area contributed by atoms with Crippen molar-refractivity contribution in [1.29, 1.82) is 0 Å². The molecule has 1 aromatic rings. The number of imide groups is 1. The van der Waals surface area contributed by atoms with E-state index in [0.29, 0.717) is 0 Å². The van der Waals surface area contributed by atoms with Crippen LogP contribution in [-0.4, -0.2) is 35.9 Å². The number of carbonyl (C=O) groups is 2. The molecule has 1 saturated heterocycles. The summed E-state index contributed by atoms with van der Waals surface area (Å²) >= 11 is 0. The SMILES string of the molecule is CCNC(CC)c1ccc(N2CC(=O)NC(=O)C2C)cn1. The number of hydrogen-bond donors (Lipinski definition) is 2. The summed E-state index contributed by atoms with van der Waals surface area (Å²) < 4.78 is 0. The number of amides is 2. The van der Waals surface area contributed by atoms with Gasteiger partial charge in [-0.1, -0.05) is 13.8 Å². The maximum atomic E-state index is 11.7. The summed E-state index contributed by atoms with van der Waals surface area (Å²) in [5, 5.41) is 5.71. The van der Waals surface area contributed by atoms with Gasteiger partial charge in [-0.2, -0.15) is 0 Å². The summed E-state index contributed by atoms with van der Waals surface area (Å²) in [5.41, 5.74) is 1.77. The van der Waals surface area contributed by atoms with E-state index < -0.39 is 0 Å². The van der Waals surface area contributed by atoms with Gasteiger partial charge in [0.25, 0.3) is 0 Å². The number of nitrogens with one attached hydrogen (secondary N) is 2. The summed E-state index contributed by atoms with van der Waals surface area (Å²) in [4.78, 5) is 29.4. The van der Waals surface area contributed by atoms with Crippen LogP contribution in [0.4, 0.5) is 5.69 Å². The van der Waals surface area contributed by atoms with Crippen molar-refractivity contribution in [2.45, 2.75) is 39.3 Å². The van der Waals surface area contributed by atoms with Gasteiger partial charge in [0.15, 0.2) is 0 Å². The van der Waals surface area contributed by atoms with E-state index in [1.165, 1.54) is 0 Å². The summed E-state index contributed by atoms with van der Waals surface area (Å²) in [7, 11) is 0. The molecule has 1 fully saturated rings. The van der Waals surface area contributed by atoms with Crippen molar-refractivity contribution in [2.75, 3.05) is 18.0 Å². The highest BCUT2D eigenvalue weighted by Crippen LogP contribution is 2.21. The third kappa shape index (κ3) is 3.39. The van der Waals surface area contributed by atoms with Crippen LogP contribution in [0.2, 0.25) is 0 Å². The monoisotopic (exact) mass is 290 g/mol. The molecule has 0 bridgehead atoms. The zero-order valence-corrected chi connectivity index (χ0v) is 12.7. The smallest absolute Gasteiger partial charge is 0.249 e. The molecule has 114 valence electrons. The highest BCUT2D eigenvalue weighted by molar-refractivity contribution is 6.04. The summed E-state index contributed by atoms with van der Waals surface area (Å²) in [6, 6.07) is 3.74. The van der Waals surface area contributed by atoms with E-state index in [0.717, 1.165) is 24.3 Å². The number of nitrogens with zero attached hydrogens (tertiary/aromatic N) is 2. The van der Waals surface area contributed by atoms with Crippen LogP contribution in [0, 0.1) is 0 Å². The first-order valence-electron chi connectivity index (χ1n) is 7.36. The van der Waals surface area contributed by atoms with Gasteiger partial charge in [0.1, 0.15) is 6.04 Å². The largest absolute Gasteiger partial charge is 0.349 e. The van der Waals surface area contributed by atoms with Gasteiger partial charge in [0.2, 0.25) is 11.8 Å². The quantitative estimate of drug-likeness (QED) is 0.791. The third-order valence-electron chi connectivity index (χ3n) is 3.74. The van der Waals surface area contributed by atoms with Crippen molar-refractivity contribution in [2.24, 2.45) is 0 Å². The lowest BCUT2D eigenvalue weighted by atomic mass is 10.1. The van der Waals surface area contributed by atoms with E-state index in [-0.39, 0.29) is 30.4 Å². The molecule has 6 heteroatoms. The number of pyridine rings is 1. The third-order valence-corrected chi connectivity index (χ3v) is 3.74. The van der Waals surface area contributed by atoms with Crippen LogP contribution < -0.4 is 15.5 Å². The normalized spacial score (nSPS) is 20.3. The number of rotatable bonds is 5. The molecule has 1 aliphatic rings. The average molecular weight is 290 g/mol. The van der Waals surface area contributed by atoms with Gasteiger partial charge in [-0.15, -0.1) is 0 Å². The molecule has 2 atom stereocenters. The highest BCUT2D eigenvalue weighted by atomic mass is 16.2. The second-order valence-corrected chi connectivity index (χ2v) is 5.18. The first kappa shape index (κ1) is 15.4. The fraction of sp³-hybridized carbons (Fsp3) is 0.533. The van der Waals surface area contributed by atoms with Gasteiger partial charge in [0.05, 0.1) is 24.1 Å². The Labute approximate surface area is 124 Å². The maximum absolute atomic E-state index is 11.7. The molecule has 0 radical (unpaired) electrons. The molecule has 2 rings (SSSR count). The number of carbonyl (C=O) groups excluding carboxylic acids is 2. The summed E-state index contributed by atoms with van der Waals surface area (Å²) in [6.45, 7) is 7.02. The van der Waals surface area contributed by atoms with Gasteiger partial charge in [-0.3, -0.25) is 19.9 Å². The predicted molar refractivity (Wildman–Crippen MR) is 80.9 cm³/mol. The second kappa shape index (κ2) is 6.67. The van der Waals surface area contributed by atoms with Crippen molar-refractivity contribution in [3.8, 4) is 0 Å². The Morgan fingerprint density at radius 1 is 1.43 bits per heavy atom. The lowest BCUT2D eigenvalue weighted by molar-refractivity contribution is -0.132. The molecule has 2 N–H and O–H groups in total. The van der Waals surface area contributed by atoms with E-state index in [9.17, 15) is 9.59 Å². The Morgan fingerprint density at radius 3 is 2.76 bits per heavy atom. The van der Waals surface area contributed by atoms with Crippen LogP contribution in [0.25, 0.3) is 0 Å². The molecular weight excluding hydrogens is 268 g/mol. The van der Waals surface area contributed by atoms with Gasteiger partial charge < -0.3 is 10.2 Å². The maximum Gasteiger partial charge on any atom is 0.249 e. The zero-order chi connectivity index (χ0) is 15.4. The van der Waals surface area contributed by atoms with E-state index in [2.05, 4.69) is 29.5 Å². The molecule has 6 nitrogen and oxygen atoms in total. The van der Waals surface area contributed by atoms with Crippen LogP contribution >= 0.6 is 0 Å². The molecule has 0 saturated carbocycles. The van der Waals surface area contributed by atoms with Crippen LogP contribution in [-0.2, 0) is 9.59 Å². The highest BCUT2D eigenvalue weighted by Gasteiger charge is 2.30. The van der Waals surface area contributed by atoms with Gasteiger partial charge in [-0.05, 0) is 32.0 Å². The van der Waals surface area contributed by atoms with Crippen LogP contribution in [0.15, 0.2) is 18.3 Å². The minimum atomic E-state index is -0.369. The van der Waals surface area contributed by atoms with E-state index in [1.807, 2.05) is 12.1 Å². The molecule has 0 spiro atoms. The summed E-state index contributed by atoms with van der Waals surface area (Å²) in [6.07, 6.45) is 2.69. The minimum absolute atomic E-state index is 0.179. The standard InChI is InChI=1S/C15H22N4O2/c1-4-12(16-5-2)13-7-6-11(8-17-13)19-9-14(20)18-15(21)10(19)3/h6-8,10,12,16H,4-5,9H2,1-3H3,(H,18,20,21). The van der Waals surface area contributed by atoms with Crippen LogP contribution in [0.5, 0.6) is 0 Å². The Bertz CT molecular complexity index is 515. The Balaban J connectivity index is 2.18. The predicted octanol–water partition coefficient (Wildman–Crippen LogP) is 0.993. The molecule has 1 aliphatic heterocycles. The zero-order valence-electron chi connectivity index (χ0n) is 12.7. The molecular formula is C15H22N4O2. The lowest BCUT2D eigenvalue weighted by Crippen LogP contribution is -2.57. The van der Waals surface area contributed by atoms with E-state index in [4.69, 9.17) is 0 Å². The average Bonchev–Trinajstić information content (AvgIpc) is 2.49. The Morgan fingerprint density at radius 2 is 2.19 bits per heavy atom. The van der Waals surface area contributed by atoms with Crippen molar-refractivity contribution >= 4 is 17.5 Å². The van der Waals surface area contributed by atoms with Crippen LogP contribution in [0.1, 0.15) is 38.9 Å². The first-order chi connectivity index (χ1) is 10.1. The fourth-order valence-corrected chi connectivity index (χ4v) is 2.51. The van der Waals surface area contributed by atoms with Gasteiger partial charge in [-0.25, -0.2) is 0 Å². The topological polar surface area (TPSA) is 74.3 Å². The number of hydrogen-bond acceptors (Lipinski definition) is 5. The number of piperazine rings is 1. The molecule has 2 amide bonds. The van der Waals surface area contributed by atoms with E-state index in [1.54, 1.807) is 18.0 Å². The Hall–Kier alpha value is -1.95. The Kier molecular flexibility index (Phi) is 4.90. The molecule has 2 heterocycles. The van der Waals surface area contributed by atoms with Crippen molar-refractivity contribution in [3.63, 3.8) is 0 Å². The number of anilines is 1. The molecule has 2 unspecified atom stereocenters. The summed E-state index contributed by atoms with van der Waals surface area (Å²) in [5.74, 6) is -0.546. The molecule has 0 aromatic carbocycles. The van der Waals surface area contributed by atoms with Crippen molar-refractivity contribution in [1.82, 2.24) is 15.6 Å². The van der Waals surface area contributed by atoms with Gasteiger partial charge >= 0.3 is 0 Å². The van der Waals surface area contributed by atoms with Gasteiger partial charge in [0, 0.05) is 6.04 Å². The minimum Gasteiger partial charge on any atom is -0.349 e. The van der Waals surface area contributed by atoms with E-state index >= 15 is 0 Å². The first-order valence-corrected chi connectivity index (χ1v) is 7.36. The second-order valence-electron chi connectivity index (χ2n) is 5.18. The molecule has 21 heavy (non-hydrogen) atoms.